The third-order valence-corrected chi connectivity index (χ3v) is 3.20. The number of aromatic nitrogens is 2. The topological polar surface area (TPSA) is 71.9 Å². The summed E-state index contributed by atoms with van der Waals surface area (Å²) in [6.07, 6.45) is 4.37. The molecular formula is C12H16N2O3. The number of H-pyrrole nitrogens is 1. The van der Waals surface area contributed by atoms with E-state index < -0.39 is 11.2 Å². The molecule has 1 saturated carbocycles. The van der Waals surface area contributed by atoms with Gasteiger partial charge in [-0.05, 0) is 26.2 Å². The molecule has 5 nitrogen and oxygen atoms in total. The van der Waals surface area contributed by atoms with Crippen molar-refractivity contribution in [2.24, 2.45) is 5.92 Å². The number of carbonyl (C=O) groups excluding carboxylic acids is 1. The lowest BCUT2D eigenvalue weighted by Gasteiger charge is -2.13. The van der Waals surface area contributed by atoms with Crippen LogP contribution in [0, 0.1) is 5.92 Å². The first kappa shape index (κ1) is 11.8. The first-order valence-corrected chi connectivity index (χ1v) is 5.86. The van der Waals surface area contributed by atoms with Gasteiger partial charge >= 0.3 is 5.69 Å². The summed E-state index contributed by atoms with van der Waals surface area (Å²) in [5.74, 6) is 0.302. The lowest BCUT2D eigenvalue weighted by atomic mass is 10.1. The molecule has 92 valence electrons. The molecule has 0 amide bonds. The van der Waals surface area contributed by atoms with Crippen LogP contribution in [0.5, 0.6) is 0 Å². The monoisotopic (exact) mass is 236 g/mol. The number of hydrogen-bond acceptors (Lipinski definition) is 3. The minimum Gasteiger partial charge on any atom is -0.313 e. The minimum atomic E-state index is -0.477. The molecule has 1 heterocycles. The number of nitrogens with one attached hydrogen (secondary N) is 1. The van der Waals surface area contributed by atoms with E-state index >= 15 is 0 Å². The fourth-order valence-electron chi connectivity index (χ4n) is 2.08. The Hall–Kier alpha value is -1.65. The molecule has 1 aliphatic carbocycles. The van der Waals surface area contributed by atoms with Crippen molar-refractivity contribution < 1.29 is 4.79 Å². The molecule has 1 aromatic heterocycles. The van der Waals surface area contributed by atoms with Crippen LogP contribution < -0.4 is 11.2 Å². The molecule has 2 rings (SSSR count). The Kier molecular flexibility index (Phi) is 3.00. The van der Waals surface area contributed by atoms with Crippen molar-refractivity contribution >= 4 is 5.78 Å². The number of Topliss-reactive ketones (excluding diaryl/α,β-unsaturated/α-hetero) is 1. The highest BCUT2D eigenvalue weighted by Gasteiger charge is 2.26. The highest BCUT2D eigenvalue weighted by molar-refractivity contribution is 5.93. The van der Waals surface area contributed by atoms with Crippen LogP contribution >= 0.6 is 0 Å². The molecule has 0 radical (unpaired) electrons. The van der Waals surface area contributed by atoms with Crippen LogP contribution in [0.3, 0.4) is 0 Å². The second-order valence-corrected chi connectivity index (χ2v) is 4.77. The third-order valence-electron chi connectivity index (χ3n) is 3.20. The minimum absolute atomic E-state index is 0.0484. The van der Waals surface area contributed by atoms with Crippen molar-refractivity contribution in [3.63, 3.8) is 0 Å². The summed E-state index contributed by atoms with van der Waals surface area (Å²) in [6.45, 7) is 3.17. The maximum Gasteiger partial charge on any atom is 0.328 e. The first-order chi connectivity index (χ1) is 8.00. The second kappa shape index (κ2) is 4.31. The van der Waals surface area contributed by atoms with Gasteiger partial charge in [0.05, 0.1) is 5.56 Å². The maximum atomic E-state index is 12.0. The zero-order valence-electron chi connectivity index (χ0n) is 10.0. The van der Waals surface area contributed by atoms with Gasteiger partial charge in [-0.1, -0.05) is 12.8 Å². The Morgan fingerprint density at radius 2 is 2.18 bits per heavy atom. The summed E-state index contributed by atoms with van der Waals surface area (Å²) in [6, 6.07) is -0.155. The van der Waals surface area contributed by atoms with Crippen molar-refractivity contribution in [2.45, 2.75) is 39.2 Å². The van der Waals surface area contributed by atoms with Crippen molar-refractivity contribution in [3.8, 4) is 0 Å². The van der Waals surface area contributed by atoms with Crippen LogP contribution in [0.25, 0.3) is 0 Å². The molecule has 0 spiro atoms. The molecule has 0 saturated heterocycles. The summed E-state index contributed by atoms with van der Waals surface area (Å²) >= 11 is 0. The fraction of sp³-hybridized carbons (Fsp3) is 0.583. The summed E-state index contributed by atoms with van der Waals surface area (Å²) in [5.41, 5.74) is -0.866. The molecule has 0 aliphatic heterocycles. The summed E-state index contributed by atoms with van der Waals surface area (Å²) in [7, 11) is 0. The Labute approximate surface area is 98.5 Å². The van der Waals surface area contributed by atoms with Crippen LogP contribution in [0.4, 0.5) is 0 Å². The molecule has 17 heavy (non-hydrogen) atoms. The smallest absolute Gasteiger partial charge is 0.313 e. The Balaban J connectivity index is 2.43. The molecular weight excluding hydrogens is 220 g/mol. The van der Waals surface area contributed by atoms with Gasteiger partial charge in [0.15, 0.2) is 5.78 Å². The van der Waals surface area contributed by atoms with E-state index in [4.69, 9.17) is 0 Å². The predicted octanol–water partition coefficient (Wildman–Crippen LogP) is 1.10. The number of aromatic amines is 1. The highest BCUT2D eigenvalue weighted by Crippen LogP contribution is 2.35. The lowest BCUT2D eigenvalue weighted by molar-refractivity contribution is 0.101. The molecule has 5 heteroatoms. The Morgan fingerprint density at radius 1 is 1.53 bits per heavy atom. The molecule has 1 atom stereocenters. The van der Waals surface area contributed by atoms with E-state index in [2.05, 4.69) is 4.98 Å². The fourth-order valence-corrected chi connectivity index (χ4v) is 2.08. The van der Waals surface area contributed by atoms with Gasteiger partial charge in [0.2, 0.25) is 0 Å². The average molecular weight is 236 g/mol. The molecule has 1 unspecified atom stereocenters. The predicted molar refractivity (Wildman–Crippen MR) is 63.4 cm³/mol. The molecule has 1 N–H and O–H groups in total. The van der Waals surface area contributed by atoms with Crippen LogP contribution in [-0.4, -0.2) is 15.3 Å². The van der Waals surface area contributed by atoms with Gasteiger partial charge in [0.1, 0.15) is 0 Å². The average Bonchev–Trinajstić information content (AvgIpc) is 3.00. The second-order valence-electron chi connectivity index (χ2n) is 4.77. The third kappa shape index (κ3) is 2.38. The van der Waals surface area contributed by atoms with E-state index in [0.29, 0.717) is 5.92 Å². The SMILES string of the molecule is CC(=O)c1c[nH]c(=O)n(C(C)CC2CC2)c1=O. The van der Waals surface area contributed by atoms with E-state index in [-0.39, 0.29) is 17.4 Å². The number of carbonyl (C=O) groups is 1. The van der Waals surface area contributed by atoms with Crippen LogP contribution in [0.15, 0.2) is 15.8 Å². The Morgan fingerprint density at radius 3 is 2.71 bits per heavy atom. The zero-order chi connectivity index (χ0) is 12.6. The van der Waals surface area contributed by atoms with Gasteiger partial charge in [0.25, 0.3) is 5.56 Å². The standard InChI is InChI=1S/C12H16N2O3/c1-7(5-9-3-4-9)14-11(16)10(8(2)15)6-13-12(14)17/h6-7,9H,3-5H2,1-2H3,(H,13,17). The van der Waals surface area contributed by atoms with E-state index in [1.54, 1.807) is 0 Å². The van der Waals surface area contributed by atoms with Gasteiger partial charge in [-0.2, -0.15) is 0 Å². The van der Waals surface area contributed by atoms with Gasteiger partial charge < -0.3 is 4.98 Å². The Bertz CT molecular complexity index is 552. The lowest BCUT2D eigenvalue weighted by Crippen LogP contribution is -2.39. The van der Waals surface area contributed by atoms with Gasteiger partial charge in [-0.15, -0.1) is 0 Å². The van der Waals surface area contributed by atoms with Crippen LogP contribution in [0.1, 0.15) is 49.5 Å². The van der Waals surface area contributed by atoms with Gasteiger partial charge in [-0.25, -0.2) is 4.79 Å². The van der Waals surface area contributed by atoms with E-state index in [1.807, 2.05) is 6.92 Å². The molecule has 0 bridgehead atoms. The van der Waals surface area contributed by atoms with Gasteiger partial charge in [-0.3, -0.25) is 14.2 Å². The number of hydrogen-bond donors (Lipinski definition) is 1. The zero-order valence-corrected chi connectivity index (χ0v) is 10.0. The summed E-state index contributed by atoms with van der Waals surface area (Å²) < 4.78 is 1.16. The highest BCUT2D eigenvalue weighted by atomic mass is 16.2. The van der Waals surface area contributed by atoms with Crippen molar-refractivity contribution in [1.29, 1.82) is 0 Å². The van der Waals surface area contributed by atoms with Crippen molar-refractivity contribution in [1.82, 2.24) is 9.55 Å². The summed E-state index contributed by atoms with van der Waals surface area (Å²) in [4.78, 5) is 37.4. The molecule has 1 fully saturated rings. The first-order valence-electron chi connectivity index (χ1n) is 5.86. The number of nitrogens with zero attached hydrogens (tertiary/aromatic N) is 1. The molecule has 1 aliphatic rings. The van der Waals surface area contributed by atoms with Crippen molar-refractivity contribution in [3.05, 3.63) is 32.6 Å². The van der Waals surface area contributed by atoms with E-state index in [1.165, 1.54) is 26.0 Å². The van der Waals surface area contributed by atoms with Crippen LogP contribution in [0.2, 0.25) is 0 Å². The van der Waals surface area contributed by atoms with E-state index in [0.717, 1.165) is 11.0 Å². The largest absolute Gasteiger partial charge is 0.328 e. The number of rotatable bonds is 4. The molecule has 0 aromatic carbocycles. The number of ketones is 1. The molecule has 1 aromatic rings. The van der Waals surface area contributed by atoms with E-state index in [9.17, 15) is 14.4 Å². The van der Waals surface area contributed by atoms with Gasteiger partial charge in [0, 0.05) is 12.2 Å². The maximum absolute atomic E-state index is 12.0. The normalized spacial score (nSPS) is 16.8. The quantitative estimate of drug-likeness (QED) is 0.796. The van der Waals surface area contributed by atoms with Crippen molar-refractivity contribution in [2.75, 3.05) is 0 Å². The van der Waals surface area contributed by atoms with Crippen LogP contribution in [-0.2, 0) is 0 Å². The summed E-state index contributed by atoms with van der Waals surface area (Å²) in [5, 5.41) is 0.